The van der Waals surface area contributed by atoms with Crippen molar-refractivity contribution in [3.63, 3.8) is 0 Å². The summed E-state index contributed by atoms with van der Waals surface area (Å²) in [6.07, 6.45) is 0.765. The summed E-state index contributed by atoms with van der Waals surface area (Å²) >= 11 is 0. The quantitative estimate of drug-likeness (QED) is 0.787. The first kappa shape index (κ1) is 19.8. The minimum absolute atomic E-state index is 0.0836. The van der Waals surface area contributed by atoms with Crippen molar-refractivity contribution in [3.05, 3.63) is 48.5 Å². The monoisotopic (exact) mass is 408 g/mol. The molecule has 0 spiro atoms. The van der Waals surface area contributed by atoms with Crippen LogP contribution in [0.25, 0.3) is 0 Å². The van der Waals surface area contributed by atoms with Crippen molar-refractivity contribution >= 4 is 34.8 Å². The third-order valence-corrected chi connectivity index (χ3v) is 5.27. The molecule has 1 atom stereocenters. The van der Waals surface area contributed by atoms with Crippen LogP contribution in [0.4, 0.5) is 17.1 Å². The van der Waals surface area contributed by atoms with Gasteiger partial charge in [0, 0.05) is 31.4 Å². The summed E-state index contributed by atoms with van der Waals surface area (Å²) in [6, 6.07) is 14.6. The summed E-state index contributed by atoms with van der Waals surface area (Å²) in [7, 11) is 1.56. The van der Waals surface area contributed by atoms with Crippen LogP contribution < -0.4 is 25.2 Å². The molecule has 2 aliphatic heterocycles. The molecule has 0 radical (unpaired) electrons. The highest BCUT2D eigenvalue weighted by Crippen LogP contribution is 2.33. The zero-order chi connectivity index (χ0) is 21.1. The van der Waals surface area contributed by atoms with Crippen molar-refractivity contribution in [1.29, 1.82) is 0 Å². The van der Waals surface area contributed by atoms with Crippen LogP contribution in [0.2, 0.25) is 0 Å². The zero-order valence-electron chi connectivity index (χ0n) is 16.8. The zero-order valence-corrected chi connectivity index (χ0v) is 16.8. The van der Waals surface area contributed by atoms with Gasteiger partial charge in [0.15, 0.2) is 6.10 Å². The van der Waals surface area contributed by atoms with Gasteiger partial charge in [-0.05, 0) is 42.8 Å². The molecule has 1 saturated heterocycles. The Hall–Kier alpha value is -3.55. The Balaban J connectivity index is 1.43. The second-order valence-electron chi connectivity index (χ2n) is 7.31. The van der Waals surface area contributed by atoms with Crippen molar-refractivity contribution < 1.29 is 19.1 Å². The molecule has 0 aromatic heterocycles. The number of fused-ring (bicyclic) bond motifs is 1. The molecule has 0 aliphatic carbocycles. The van der Waals surface area contributed by atoms with Crippen LogP contribution in [0.3, 0.4) is 0 Å². The van der Waals surface area contributed by atoms with Gasteiger partial charge in [-0.15, -0.1) is 0 Å². The third-order valence-electron chi connectivity index (χ3n) is 5.27. The molecule has 4 rings (SSSR count). The molecule has 2 aliphatic rings. The largest absolute Gasteiger partial charge is 0.477 e. The van der Waals surface area contributed by atoms with Crippen molar-refractivity contribution in [3.8, 4) is 5.75 Å². The number of benzene rings is 2. The SMILES string of the molecule is CNC(=O)[C@H]1CN(CC(=O)Nc2ccc(N3CCCC3=O)cc2)c2ccccc2O1. The Labute approximate surface area is 174 Å². The van der Waals surface area contributed by atoms with Crippen LogP contribution in [-0.4, -0.2) is 50.5 Å². The van der Waals surface area contributed by atoms with Gasteiger partial charge in [-0.25, -0.2) is 0 Å². The molecule has 8 heteroatoms. The lowest BCUT2D eigenvalue weighted by Crippen LogP contribution is -2.50. The van der Waals surface area contributed by atoms with E-state index in [0.717, 1.165) is 24.3 Å². The van der Waals surface area contributed by atoms with E-state index in [4.69, 9.17) is 4.74 Å². The Morgan fingerprint density at radius 3 is 2.60 bits per heavy atom. The minimum Gasteiger partial charge on any atom is -0.477 e. The highest BCUT2D eigenvalue weighted by Gasteiger charge is 2.31. The molecular formula is C22H24N4O4. The molecule has 0 saturated carbocycles. The van der Waals surface area contributed by atoms with E-state index in [-0.39, 0.29) is 30.8 Å². The number of nitrogens with zero attached hydrogens (tertiary/aromatic N) is 2. The number of nitrogens with one attached hydrogen (secondary N) is 2. The molecule has 2 aromatic carbocycles. The number of para-hydroxylation sites is 2. The van der Waals surface area contributed by atoms with E-state index in [1.165, 1.54) is 0 Å². The average Bonchev–Trinajstić information content (AvgIpc) is 3.19. The van der Waals surface area contributed by atoms with E-state index in [1.807, 2.05) is 35.2 Å². The number of carbonyl (C=O) groups is 3. The van der Waals surface area contributed by atoms with Gasteiger partial charge in [0.1, 0.15) is 5.75 Å². The lowest BCUT2D eigenvalue weighted by atomic mass is 10.1. The number of ether oxygens (including phenoxy) is 1. The fourth-order valence-electron chi connectivity index (χ4n) is 3.77. The molecule has 1 fully saturated rings. The number of hydrogen-bond acceptors (Lipinski definition) is 5. The lowest BCUT2D eigenvalue weighted by molar-refractivity contribution is -0.127. The molecule has 2 heterocycles. The van der Waals surface area contributed by atoms with Gasteiger partial charge in [-0.1, -0.05) is 12.1 Å². The second-order valence-corrected chi connectivity index (χ2v) is 7.31. The Kier molecular flexibility index (Phi) is 5.56. The standard InChI is InChI=1S/C22H24N4O4/c1-23-22(29)19-13-25(17-5-2-3-6-18(17)30-19)14-20(27)24-15-8-10-16(11-9-15)26-12-4-7-21(26)28/h2-3,5-6,8-11,19H,4,7,12-14H2,1H3,(H,23,29)(H,24,27)/t19-/m1/s1. The Morgan fingerprint density at radius 1 is 1.13 bits per heavy atom. The summed E-state index contributed by atoms with van der Waals surface area (Å²) in [4.78, 5) is 40.2. The van der Waals surface area contributed by atoms with Gasteiger partial charge in [-0.2, -0.15) is 0 Å². The fourth-order valence-corrected chi connectivity index (χ4v) is 3.77. The maximum Gasteiger partial charge on any atom is 0.262 e. The topological polar surface area (TPSA) is 91.0 Å². The summed E-state index contributed by atoms with van der Waals surface area (Å²) < 4.78 is 5.77. The minimum atomic E-state index is -0.685. The van der Waals surface area contributed by atoms with E-state index in [1.54, 1.807) is 30.1 Å². The van der Waals surface area contributed by atoms with Crippen molar-refractivity contribution in [2.75, 3.05) is 41.8 Å². The number of carbonyl (C=O) groups excluding carboxylic acids is 3. The molecule has 8 nitrogen and oxygen atoms in total. The van der Waals surface area contributed by atoms with Gasteiger partial charge in [0.05, 0.1) is 18.8 Å². The van der Waals surface area contributed by atoms with Gasteiger partial charge >= 0.3 is 0 Å². The van der Waals surface area contributed by atoms with Crippen LogP contribution in [0.1, 0.15) is 12.8 Å². The average molecular weight is 408 g/mol. The fraction of sp³-hybridized carbons (Fsp3) is 0.318. The molecule has 3 amide bonds. The first-order valence-electron chi connectivity index (χ1n) is 9.97. The van der Waals surface area contributed by atoms with Crippen LogP contribution in [0.15, 0.2) is 48.5 Å². The Bertz CT molecular complexity index is 960. The molecule has 2 aromatic rings. The lowest BCUT2D eigenvalue weighted by Gasteiger charge is -2.35. The molecular weight excluding hydrogens is 384 g/mol. The summed E-state index contributed by atoms with van der Waals surface area (Å²) in [6.45, 7) is 1.09. The smallest absolute Gasteiger partial charge is 0.262 e. The van der Waals surface area contributed by atoms with E-state index >= 15 is 0 Å². The van der Waals surface area contributed by atoms with Crippen LogP contribution in [-0.2, 0) is 14.4 Å². The van der Waals surface area contributed by atoms with E-state index in [9.17, 15) is 14.4 Å². The highest BCUT2D eigenvalue weighted by atomic mass is 16.5. The predicted molar refractivity (Wildman–Crippen MR) is 114 cm³/mol. The number of likely N-dealkylation sites (N-methyl/N-ethyl adjacent to an activating group) is 1. The maximum atomic E-state index is 12.7. The summed E-state index contributed by atoms with van der Waals surface area (Å²) in [5.74, 6) is 0.266. The first-order valence-corrected chi connectivity index (χ1v) is 9.97. The van der Waals surface area contributed by atoms with Crippen LogP contribution in [0, 0.1) is 0 Å². The number of hydrogen-bond donors (Lipinski definition) is 2. The molecule has 0 bridgehead atoms. The number of anilines is 3. The van der Waals surface area contributed by atoms with Gasteiger partial charge in [-0.3, -0.25) is 14.4 Å². The van der Waals surface area contributed by atoms with Gasteiger partial charge in [0.25, 0.3) is 5.91 Å². The van der Waals surface area contributed by atoms with Crippen molar-refractivity contribution in [1.82, 2.24) is 5.32 Å². The van der Waals surface area contributed by atoms with E-state index in [0.29, 0.717) is 17.9 Å². The number of rotatable bonds is 5. The molecule has 0 unspecified atom stereocenters. The molecule has 156 valence electrons. The third kappa shape index (κ3) is 4.07. The Morgan fingerprint density at radius 2 is 1.90 bits per heavy atom. The highest BCUT2D eigenvalue weighted by molar-refractivity contribution is 5.97. The van der Waals surface area contributed by atoms with Gasteiger partial charge in [0.2, 0.25) is 11.8 Å². The summed E-state index contributed by atoms with van der Waals surface area (Å²) in [5, 5.41) is 5.47. The predicted octanol–water partition coefficient (Wildman–Crippen LogP) is 1.77. The van der Waals surface area contributed by atoms with Crippen molar-refractivity contribution in [2.45, 2.75) is 18.9 Å². The van der Waals surface area contributed by atoms with E-state index in [2.05, 4.69) is 10.6 Å². The van der Waals surface area contributed by atoms with Crippen LogP contribution in [0.5, 0.6) is 5.75 Å². The second kappa shape index (κ2) is 8.44. The normalized spacial score (nSPS) is 17.9. The molecule has 2 N–H and O–H groups in total. The summed E-state index contributed by atoms with van der Waals surface area (Å²) in [5.41, 5.74) is 2.27. The van der Waals surface area contributed by atoms with E-state index < -0.39 is 6.10 Å². The number of amides is 3. The first-order chi connectivity index (χ1) is 14.5. The van der Waals surface area contributed by atoms with Crippen LogP contribution >= 0.6 is 0 Å². The van der Waals surface area contributed by atoms with Crippen molar-refractivity contribution in [2.24, 2.45) is 0 Å². The van der Waals surface area contributed by atoms with Gasteiger partial charge < -0.3 is 25.2 Å². The maximum absolute atomic E-state index is 12.7. The molecule has 30 heavy (non-hydrogen) atoms.